The van der Waals surface area contributed by atoms with Gasteiger partial charge in [-0.25, -0.2) is 0 Å². The molecule has 3 rings (SSSR count). The molecule has 120 valence electrons. The number of fused-ring (bicyclic) bond motifs is 1. The van der Waals surface area contributed by atoms with Crippen LogP contribution in [-0.4, -0.2) is 21.7 Å². The first-order valence-corrected chi connectivity index (χ1v) is 7.72. The van der Waals surface area contributed by atoms with Crippen LogP contribution in [0.15, 0.2) is 42.7 Å². The van der Waals surface area contributed by atoms with Crippen LogP contribution in [0, 0.1) is 12.3 Å². The highest BCUT2D eigenvalue weighted by atomic mass is 16.2. The summed E-state index contributed by atoms with van der Waals surface area (Å²) >= 11 is 0. The molecule has 5 heteroatoms. The zero-order chi connectivity index (χ0) is 16.9. The lowest BCUT2D eigenvalue weighted by molar-refractivity contribution is -0.133. The average molecular weight is 319 g/mol. The number of carbonyl (C=O) groups excluding carboxylic acids is 2. The smallest absolute Gasteiger partial charge is 0.224 e. The first kappa shape index (κ1) is 15.8. The molecule has 1 aromatic heterocycles. The minimum atomic E-state index is -0.234. The standard InChI is InChI=1S/C19H17N3O2/c1-2-14-11-20-10-9-17(14)21-18(23)7-8-19(24)22-12-15-5-3-4-6-16(15)13-22/h1,3-6,9-11H,7-8,12-13H2,(H,20,21,23). The van der Waals surface area contributed by atoms with Gasteiger partial charge in [0.1, 0.15) is 0 Å². The summed E-state index contributed by atoms with van der Waals surface area (Å²) in [6.45, 7) is 1.23. The van der Waals surface area contributed by atoms with Gasteiger partial charge in [-0.05, 0) is 17.2 Å². The zero-order valence-corrected chi connectivity index (χ0v) is 13.2. The SMILES string of the molecule is C#Cc1cnccc1NC(=O)CCC(=O)N1Cc2ccccc2C1. The second-order valence-electron chi connectivity index (χ2n) is 5.63. The maximum absolute atomic E-state index is 12.3. The molecule has 2 amide bonds. The third-order valence-corrected chi connectivity index (χ3v) is 4.01. The number of carbonyl (C=O) groups is 2. The van der Waals surface area contributed by atoms with Crippen LogP contribution >= 0.6 is 0 Å². The molecule has 1 aliphatic rings. The van der Waals surface area contributed by atoms with Crippen LogP contribution in [0.5, 0.6) is 0 Å². The fraction of sp³-hybridized carbons (Fsp3) is 0.211. The van der Waals surface area contributed by atoms with Crippen molar-refractivity contribution in [1.29, 1.82) is 0 Å². The molecule has 0 unspecified atom stereocenters. The van der Waals surface area contributed by atoms with Gasteiger partial charge in [0.15, 0.2) is 0 Å². The zero-order valence-electron chi connectivity index (χ0n) is 13.2. The van der Waals surface area contributed by atoms with Crippen molar-refractivity contribution in [2.24, 2.45) is 0 Å². The molecule has 1 aliphatic heterocycles. The van der Waals surface area contributed by atoms with Crippen LogP contribution in [0.4, 0.5) is 5.69 Å². The molecule has 2 heterocycles. The first-order valence-electron chi connectivity index (χ1n) is 7.72. The van der Waals surface area contributed by atoms with Crippen molar-refractivity contribution in [2.45, 2.75) is 25.9 Å². The largest absolute Gasteiger partial charge is 0.334 e. The summed E-state index contributed by atoms with van der Waals surface area (Å²) in [4.78, 5) is 30.0. The summed E-state index contributed by atoms with van der Waals surface area (Å²) in [5.41, 5.74) is 3.40. The Hall–Kier alpha value is -3.13. The van der Waals surface area contributed by atoms with E-state index in [9.17, 15) is 9.59 Å². The Morgan fingerprint density at radius 1 is 1.17 bits per heavy atom. The van der Waals surface area contributed by atoms with E-state index in [1.807, 2.05) is 24.3 Å². The van der Waals surface area contributed by atoms with Crippen LogP contribution in [0.2, 0.25) is 0 Å². The normalized spacial score (nSPS) is 12.4. The molecule has 0 fully saturated rings. The Morgan fingerprint density at radius 3 is 2.54 bits per heavy atom. The van der Waals surface area contributed by atoms with Crippen LogP contribution in [-0.2, 0) is 22.7 Å². The number of nitrogens with zero attached hydrogens (tertiary/aromatic N) is 2. The third-order valence-electron chi connectivity index (χ3n) is 4.01. The number of hydrogen-bond donors (Lipinski definition) is 1. The molecule has 0 aliphatic carbocycles. The molecule has 0 bridgehead atoms. The minimum Gasteiger partial charge on any atom is -0.334 e. The van der Waals surface area contributed by atoms with Gasteiger partial charge in [-0.2, -0.15) is 0 Å². The van der Waals surface area contributed by atoms with E-state index >= 15 is 0 Å². The van der Waals surface area contributed by atoms with E-state index < -0.39 is 0 Å². The number of terminal acetylenes is 1. The summed E-state index contributed by atoms with van der Waals surface area (Å²) in [6.07, 6.45) is 8.75. The Kier molecular flexibility index (Phi) is 4.57. The van der Waals surface area contributed by atoms with Gasteiger partial charge in [-0.1, -0.05) is 30.2 Å². The molecule has 0 saturated carbocycles. The topological polar surface area (TPSA) is 62.3 Å². The van der Waals surface area contributed by atoms with Crippen molar-refractivity contribution >= 4 is 17.5 Å². The highest BCUT2D eigenvalue weighted by Crippen LogP contribution is 2.23. The van der Waals surface area contributed by atoms with Gasteiger partial charge in [0.05, 0.1) is 11.3 Å². The predicted octanol–water partition coefficient (Wildman–Crippen LogP) is 2.32. The van der Waals surface area contributed by atoms with E-state index in [0.717, 1.165) is 0 Å². The third kappa shape index (κ3) is 3.44. The maximum Gasteiger partial charge on any atom is 0.224 e. The molecule has 0 saturated heterocycles. The number of nitrogens with one attached hydrogen (secondary N) is 1. The van der Waals surface area contributed by atoms with Crippen LogP contribution in [0.1, 0.15) is 29.5 Å². The van der Waals surface area contributed by atoms with Crippen molar-refractivity contribution in [3.05, 3.63) is 59.4 Å². The Labute approximate surface area is 140 Å². The van der Waals surface area contributed by atoms with E-state index in [-0.39, 0.29) is 24.7 Å². The number of rotatable bonds is 4. The van der Waals surface area contributed by atoms with Gasteiger partial charge in [0.2, 0.25) is 11.8 Å². The fourth-order valence-electron chi connectivity index (χ4n) is 2.72. The fourth-order valence-corrected chi connectivity index (χ4v) is 2.72. The Bertz CT molecular complexity index is 798. The van der Waals surface area contributed by atoms with Gasteiger partial charge >= 0.3 is 0 Å². The second kappa shape index (κ2) is 6.97. The molecule has 0 radical (unpaired) electrons. The molecular weight excluding hydrogens is 302 g/mol. The monoisotopic (exact) mass is 319 g/mol. The molecule has 0 spiro atoms. The molecule has 0 atom stereocenters. The number of pyridine rings is 1. The van der Waals surface area contributed by atoms with E-state index in [2.05, 4.69) is 16.2 Å². The summed E-state index contributed by atoms with van der Waals surface area (Å²) in [6, 6.07) is 9.64. The van der Waals surface area contributed by atoms with Gasteiger partial charge < -0.3 is 10.2 Å². The lowest BCUT2D eigenvalue weighted by atomic mass is 10.1. The van der Waals surface area contributed by atoms with Crippen molar-refractivity contribution in [2.75, 3.05) is 5.32 Å². The lowest BCUT2D eigenvalue weighted by Crippen LogP contribution is -2.26. The summed E-state index contributed by atoms with van der Waals surface area (Å²) < 4.78 is 0. The summed E-state index contributed by atoms with van der Waals surface area (Å²) in [5.74, 6) is 2.21. The Balaban J connectivity index is 1.52. The van der Waals surface area contributed by atoms with Gasteiger partial charge in [0, 0.05) is 38.3 Å². The predicted molar refractivity (Wildman–Crippen MR) is 90.7 cm³/mol. The van der Waals surface area contributed by atoms with Gasteiger partial charge in [-0.15, -0.1) is 6.42 Å². The van der Waals surface area contributed by atoms with Crippen LogP contribution < -0.4 is 5.32 Å². The van der Waals surface area contributed by atoms with E-state index in [1.54, 1.807) is 17.2 Å². The maximum atomic E-state index is 12.3. The molecule has 5 nitrogen and oxygen atoms in total. The lowest BCUT2D eigenvalue weighted by Gasteiger charge is -2.15. The number of anilines is 1. The molecule has 24 heavy (non-hydrogen) atoms. The molecule has 1 aromatic carbocycles. The number of hydrogen-bond acceptors (Lipinski definition) is 3. The van der Waals surface area contributed by atoms with Crippen molar-refractivity contribution in [3.63, 3.8) is 0 Å². The van der Waals surface area contributed by atoms with E-state index in [4.69, 9.17) is 6.42 Å². The highest BCUT2D eigenvalue weighted by Gasteiger charge is 2.23. The summed E-state index contributed by atoms with van der Waals surface area (Å²) in [5, 5.41) is 2.73. The average Bonchev–Trinajstić information content (AvgIpc) is 3.04. The highest BCUT2D eigenvalue weighted by molar-refractivity contribution is 5.94. The molecule has 1 N–H and O–H groups in total. The van der Waals surface area contributed by atoms with E-state index in [0.29, 0.717) is 24.3 Å². The number of amides is 2. The quantitative estimate of drug-likeness (QED) is 0.880. The molecule has 2 aromatic rings. The van der Waals surface area contributed by atoms with Crippen LogP contribution in [0.3, 0.4) is 0 Å². The Morgan fingerprint density at radius 2 is 1.88 bits per heavy atom. The minimum absolute atomic E-state index is 0.0201. The number of aromatic nitrogens is 1. The summed E-state index contributed by atoms with van der Waals surface area (Å²) in [7, 11) is 0. The van der Waals surface area contributed by atoms with Crippen LogP contribution in [0.25, 0.3) is 0 Å². The molecular formula is C19H17N3O2. The number of benzene rings is 1. The second-order valence-corrected chi connectivity index (χ2v) is 5.63. The van der Waals surface area contributed by atoms with Crippen molar-refractivity contribution < 1.29 is 9.59 Å². The van der Waals surface area contributed by atoms with Gasteiger partial charge in [0.25, 0.3) is 0 Å². The van der Waals surface area contributed by atoms with E-state index in [1.165, 1.54) is 17.3 Å². The van der Waals surface area contributed by atoms with Gasteiger partial charge in [-0.3, -0.25) is 14.6 Å². The van der Waals surface area contributed by atoms with Crippen molar-refractivity contribution in [1.82, 2.24) is 9.88 Å². The first-order chi connectivity index (χ1) is 11.7. The van der Waals surface area contributed by atoms with Crippen molar-refractivity contribution in [3.8, 4) is 12.3 Å².